The average Bonchev–Trinajstić information content (AvgIpc) is 2.80. The van der Waals surface area contributed by atoms with Gasteiger partial charge in [0.2, 0.25) is 0 Å². The van der Waals surface area contributed by atoms with Crippen LogP contribution < -0.4 is 4.72 Å². The molecular formula is C26H26F3NO6S. The number of aromatic hydroxyl groups is 1. The number of halogens is 3. The van der Waals surface area contributed by atoms with Crippen molar-refractivity contribution in [2.24, 2.45) is 0 Å². The number of hydrogen-bond acceptors (Lipinski definition) is 6. The number of phenolic OH excluding ortho intramolecular Hbond substituents is 1. The Bertz CT molecular complexity index is 1430. The van der Waals surface area contributed by atoms with Gasteiger partial charge in [-0.2, -0.15) is 13.2 Å². The van der Waals surface area contributed by atoms with Crippen molar-refractivity contribution in [1.82, 2.24) is 0 Å². The van der Waals surface area contributed by atoms with E-state index in [0.29, 0.717) is 0 Å². The van der Waals surface area contributed by atoms with E-state index in [1.165, 1.54) is 50.2 Å². The van der Waals surface area contributed by atoms with Crippen LogP contribution in [0.15, 0.2) is 59.5 Å². The number of benzene rings is 3. The Morgan fingerprint density at radius 1 is 0.946 bits per heavy atom. The lowest BCUT2D eigenvalue weighted by Gasteiger charge is -2.21. The number of sulfonamides is 1. The number of ketones is 1. The summed E-state index contributed by atoms with van der Waals surface area (Å²) in [6, 6.07) is 12.7. The molecule has 37 heavy (non-hydrogen) atoms. The first-order valence-electron chi connectivity index (χ1n) is 11.3. The molecule has 0 aromatic heterocycles. The number of Topliss-reactive ketones (excluding diaryl/α,β-unsaturated/α-hetero) is 1. The molecule has 3 aromatic rings. The van der Waals surface area contributed by atoms with Crippen LogP contribution in [0, 0.1) is 0 Å². The molecule has 0 bridgehead atoms. The van der Waals surface area contributed by atoms with Crippen molar-refractivity contribution in [3.05, 3.63) is 65.7 Å². The highest BCUT2D eigenvalue weighted by molar-refractivity contribution is 7.92. The lowest BCUT2D eigenvalue weighted by molar-refractivity contribution is -0.178. The highest BCUT2D eigenvalue weighted by atomic mass is 32.2. The summed E-state index contributed by atoms with van der Waals surface area (Å²) in [5, 5.41) is 10.9. The van der Waals surface area contributed by atoms with Gasteiger partial charge < -0.3 is 9.84 Å². The minimum Gasteiger partial charge on any atom is -0.507 e. The summed E-state index contributed by atoms with van der Waals surface area (Å²) in [5.41, 5.74) is -0.0679. The van der Waals surface area contributed by atoms with E-state index in [2.05, 4.69) is 4.72 Å². The number of carbonyl (C=O) groups is 2. The van der Waals surface area contributed by atoms with Crippen LogP contribution in [-0.4, -0.2) is 37.6 Å². The van der Waals surface area contributed by atoms with E-state index in [9.17, 15) is 36.3 Å². The maximum Gasteiger partial charge on any atom is 0.451 e. The molecule has 1 atom stereocenters. The lowest BCUT2D eigenvalue weighted by atomic mass is 9.90. The number of nitrogens with one attached hydrogen (secondary N) is 1. The van der Waals surface area contributed by atoms with Gasteiger partial charge in [0.05, 0.1) is 16.7 Å². The number of esters is 1. The van der Waals surface area contributed by atoms with Gasteiger partial charge in [0.1, 0.15) is 5.75 Å². The van der Waals surface area contributed by atoms with Crippen LogP contribution in [-0.2, 0) is 24.3 Å². The van der Waals surface area contributed by atoms with E-state index in [4.69, 9.17) is 4.74 Å². The number of carbonyl (C=O) groups excluding carboxylic acids is 2. The van der Waals surface area contributed by atoms with Crippen LogP contribution in [0.3, 0.4) is 0 Å². The second-order valence-corrected chi connectivity index (χ2v) is 10.7. The van der Waals surface area contributed by atoms with Crippen LogP contribution >= 0.6 is 0 Å². The number of phenols is 1. The fourth-order valence-electron chi connectivity index (χ4n) is 3.76. The van der Waals surface area contributed by atoms with Crippen molar-refractivity contribution >= 4 is 38.2 Å². The second kappa shape index (κ2) is 10.4. The summed E-state index contributed by atoms with van der Waals surface area (Å²) < 4.78 is 73.9. The molecule has 0 aliphatic carbocycles. The van der Waals surface area contributed by atoms with E-state index in [0.717, 1.165) is 11.6 Å². The topological polar surface area (TPSA) is 110 Å². The molecule has 11 heteroatoms. The van der Waals surface area contributed by atoms with Crippen molar-refractivity contribution in [3.8, 4) is 5.75 Å². The molecule has 0 fully saturated rings. The Labute approximate surface area is 212 Å². The summed E-state index contributed by atoms with van der Waals surface area (Å²) in [6.45, 7) is 6.65. The van der Waals surface area contributed by atoms with E-state index < -0.39 is 51.3 Å². The minimum absolute atomic E-state index is 0.0647. The third-order valence-corrected chi connectivity index (χ3v) is 6.97. The zero-order valence-electron chi connectivity index (χ0n) is 20.5. The monoisotopic (exact) mass is 537 g/mol. The molecular weight excluding hydrogens is 511 g/mol. The van der Waals surface area contributed by atoms with Crippen molar-refractivity contribution in [3.63, 3.8) is 0 Å². The number of anilines is 1. The minimum atomic E-state index is -5.43. The molecule has 2 N–H and O–H groups in total. The Morgan fingerprint density at radius 2 is 1.51 bits per heavy atom. The summed E-state index contributed by atoms with van der Waals surface area (Å²) in [4.78, 5) is 24.8. The van der Waals surface area contributed by atoms with Crippen molar-refractivity contribution in [2.75, 3.05) is 4.72 Å². The van der Waals surface area contributed by atoms with Crippen LogP contribution in [0.2, 0.25) is 0 Å². The lowest BCUT2D eigenvalue weighted by Crippen LogP contribution is -2.35. The first-order chi connectivity index (χ1) is 17.1. The fourth-order valence-corrected chi connectivity index (χ4v) is 4.83. The first kappa shape index (κ1) is 28.0. The predicted octanol–water partition coefficient (Wildman–Crippen LogP) is 5.64. The number of hydrogen-bond donors (Lipinski definition) is 2. The number of alkyl halides is 3. The third-order valence-electron chi connectivity index (χ3n) is 5.59. The summed E-state index contributed by atoms with van der Waals surface area (Å²) >= 11 is 0. The van der Waals surface area contributed by atoms with Gasteiger partial charge in [-0.05, 0) is 43.5 Å². The molecule has 0 aliphatic heterocycles. The van der Waals surface area contributed by atoms with Crippen LogP contribution in [0.4, 0.5) is 18.9 Å². The van der Waals surface area contributed by atoms with Gasteiger partial charge in [-0.1, -0.05) is 50.2 Å². The Hall–Kier alpha value is -3.60. The third kappa shape index (κ3) is 6.04. The molecule has 7 nitrogen and oxygen atoms in total. The summed E-state index contributed by atoms with van der Waals surface area (Å²) in [5.74, 6) is -7.17. The number of rotatable bonds is 8. The molecule has 0 heterocycles. The molecule has 3 rings (SSSR count). The quantitative estimate of drug-likeness (QED) is 0.219. The Morgan fingerprint density at radius 3 is 2.03 bits per heavy atom. The second-order valence-electron chi connectivity index (χ2n) is 9.02. The van der Waals surface area contributed by atoms with E-state index in [1.54, 1.807) is 12.1 Å². The molecule has 3 aromatic carbocycles. The maximum absolute atomic E-state index is 13.5. The molecule has 0 saturated heterocycles. The van der Waals surface area contributed by atoms with Crippen molar-refractivity contribution < 1.29 is 41.0 Å². The van der Waals surface area contributed by atoms with Gasteiger partial charge in [-0.3, -0.25) is 14.3 Å². The summed E-state index contributed by atoms with van der Waals surface area (Å²) in [6.07, 6.45) is -6.29. The molecule has 0 aliphatic rings. The van der Waals surface area contributed by atoms with Crippen molar-refractivity contribution in [2.45, 2.75) is 56.7 Å². The van der Waals surface area contributed by atoms with Gasteiger partial charge in [-0.15, -0.1) is 0 Å². The zero-order valence-corrected chi connectivity index (χ0v) is 21.3. The van der Waals surface area contributed by atoms with Crippen LogP contribution in [0.5, 0.6) is 5.75 Å². The Balaban J connectivity index is 2.21. The molecule has 0 saturated carbocycles. The maximum atomic E-state index is 13.5. The van der Waals surface area contributed by atoms with Gasteiger partial charge in [-0.25, -0.2) is 8.42 Å². The van der Waals surface area contributed by atoms with Crippen molar-refractivity contribution in [1.29, 1.82) is 0 Å². The standard InChI is InChI=1S/C26H26F3NO6S/c1-14(2)16-9-11-17(12-10-16)37(34,35)30-21-13-20(23(31)19-8-6-5-7-18(19)21)22(24(32)26(27,28)29)25(33)36-15(3)4/h5-15,22,30-31H,1-4H3/t22-/m0/s1. The normalized spacial score (nSPS) is 13.1. The van der Waals surface area contributed by atoms with Crippen LogP contribution in [0.25, 0.3) is 10.8 Å². The van der Waals surface area contributed by atoms with Gasteiger partial charge >= 0.3 is 12.1 Å². The van der Waals surface area contributed by atoms with E-state index in [-0.39, 0.29) is 27.3 Å². The fraction of sp³-hybridized carbons (Fsp3) is 0.308. The molecule has 0 unspecified atom stereocenters. The number of ether oxygens (including phenoxy) is 1. The number of fused-ring (bicyclic) bond motifs is 1. The average molecular weight is 538 g/mol. The highest BCUT2D eigenvalue weighted by Crippen LogP contribution is 2.41. The Kier molecular flexibility index (Phi) is 7.87. The van der Waals surface area contributed by atoms with Gasteiger partial charge in [0, 0.05) is 16.3 Å². The largest absolute Gasteiger partial charge is 0.507 e. The SMILES string of the molecule is CC(C)OC(=O)[C@H](C(=O)C(F)(F)F)c1cc(NS(=O)(=O)c2ccc(C(C)C)cc2)c2ccccc2c1O. The highest BCUT2D eigenvalue weighted by Gasteiger charge is 2.49. The van der Waals surface area contributed by atoms with Gasteiger partial charge in [0.25, 0.3) is 15.8 Å². The van der Waals surface area contributed by atoms with E-state index >= 15 is 0 Å². The van der Waals surface area contributed by atoms with Gasteiger partial charge in [0.15, 0.2) is 5.92 Å². The molecule has 0 amide bonds. The zero-order chi connectivity index (χ0) is 27.7. The molecule has 0 spiro atoms. The van der Waals surface area contributed by atoms with Crippen LogP contribution in [0.1, 0.15) is 50.7 Å². The molecule has 198 valence electrons. The molecule has 0 radical (unpaired) electrons. The predicted molar refractivity (Wildman–Crippen MR) is 132 cm³/mol. The first-order valence-corrected chi connectivity index (χ1v) is 12.8. The van der Waals surface area contributed by atoms with E-state index in [1.807, 2.05) is 13.8 Å². The smallest absolute Gasteiger partial charge is 0.451 e. The summed E-state index contributed by atoms with van der Waals surface area (Å²) in [7, 11) is -4.25.